The first-order valence-corrected chi connectivity index (χ1v) is 9.82. The molecule has 130 valence electrons. The highest BCUT2D eigenvalue weighted by Crippen LogP contribution is 2.38. The van der Waals surface area contributed by atoms with Crippen molar-refractivity contribution >= 4 is 45.6 Å². The van der Waals surface area contributed by atoms with Crippen LogP contribution in [0.1, 0.15) is 13.8 Å². The third-order valence-corrected chi connectivity index (χ3v) is 5.63. The Bertz CT molecular complexity index is 721. The largest absolute Gasteiger partial charge is 0.619 e. The molecule has 0 saturated heterocycles. The van der Waals surface area contributed by atoms with Gasteiger partial charge < -0.3 is 10.1 Å². The molecule has 1 amide bonds. The Kier molecular flexibility index (Phi) is 6.42. The van der Waals surface area contributed by atoms with E-state index in [9.17, 15) is 14.4 Å². The molecule has 0 fully saturated rings. The summed E-state index contributed by atoms with van der Waals surface area (Å²) in [6.07, 6.45) is 3.99. The third-order valence-electron chi connectivity index (χ3n) is 3.29. The second-order valence-electron chi connectivity index (χ2n) is 5.16. The lowest BCUT2D eigenvalue weighted by molar-refractivity contribution is -0.606. The second-order valence-corrected chi connectivity index (χ2v) is 7.40. The molecule has 0 radical (unpaired) electrons. The van der Waals surface area contributed by atoms with Gasteiger partial charge >= 0.3 is 0 Å². The molecule has 0 aromatic carbocycles. The molecule has 0 spiro atoms. The zero-order valence-corrected chi connectivity index (χ0v) is 15.8. The number of thioether (sulfide) groups is 1. The van der Waals surface area contributed by atoms with E-state index < -0.39 is 5.82 Å². The molecule has 1 unspecified atom stereocenters. The fourth-order valence-corrected chi connectivity index (χ4v) is 4.21. The van der Waals surface area contributed by atoms with Crippen LogP contribution in [0.5, 0.6) is 0 Å². The molecule has 2 rings (SSSR count). The van der Waals surface area contributed by atoms with Crippen molar-refractivity contribution in [3.63, 3.8) is 0 Å². The third kappa shape index (κ3) is 4.17. The predicted octanol–water partition coefficient (Wildman–Crippen LogP) is 3.59. The second kappa shape index (κ2) is 8.13. The van der Waals surface area contributed by atoms with E-state index in [4.69, 9.17) is 11.6 Å². The van der Waals surface area contributed by atoms with Crippen LogP contribution >= 0.6 is 34.7 Å². The van der Waals surface area contributed by atoms with E-state index >= 15 is 0 Å². The highest BCUT2D eigenvalue weighted by atomic mass is 35.5. The van der Waals surface area contributed by atoms with Gasteiger partial charge in [0.05, 0.1) is 5.56 Å². The van der Waals surface area contributed by atoms with Crippen LogP contribution in [0.25, 0.3) is 10.6 Å². The predicted molar refractivity (Wildman–Crippen MR) is 97.1 cm³/mol. The summed E-state index contributed by atoms with van der Waals surface area (Å²) in [7, 11) is 0. The van der Waals surface area contributed by atoms with Gasteiger partial charge in [-0.1, -0.05) is 29.9 Å². The first-order chi connectivity index (χ1) is 11.4. The molecular weight excluding hydrogens is 373 g/mol. The molecule has 0 bridgehead atoms. The zero-order valence-electron chi connectivity index (χ0n) is 13.5. The number of rotatable bonds is 6. The fourth-order valence-electron chi connectivity index (χ4n) is 2.21. The molecule has 1 atom stereocenters. The molecule has 0 saturated carbocycles. The van der Waals surface area contributed by atoms with Gasteiger partial charge in [0.15, 0.2) is 17.2 Å². The number of hydrogen-bond donors (Lipinski definition) is 0. The standard InChI is InChI=1S/C15H17ClFN3O2S2/c1-4-20(14(21)9(2)8-23-3)15-12(16)18-13(24-15)10-5-11(17)7-19(22)6-10/h5-7,9H,4,8H2,1-3H3. The summed E-state index contributed by atoms with van der Waals surface area (Å²) in [6, 6.07) is 1.21. The summed E-state index contributed by atoms with van der Waals surface area (Å²) >= 11 is 8.96. The van der Waals surface area contributed by atoms with Gasteiger partial charge in [-0.05, 0) is 19.2 Å². The molecule has 9 heteroatoms. The van der Waals surface area contributed by atoms with Crippen LogP contribution in [0.4, 0.5) is 9.39 Å². The molecule has 24 heavy (non-hydrogen) atoms. The SMILES string of the molecule is CCN(C(=O)C(C)CSC)c1sc(-c2cc(F)c[n+]([O-])c2)nc1Cl. The summed E-state index contributed by atoms with van der Waals surface area (Å²) in [5.74, 6) is -0.146. The number of hydrogen-bond acceptors (Lipinski definition) is 5. The normalized spacial score (nSPS) is 12.2. The van der Waals surface area contributed by atoms with Gasteiger partial charge in [0.1, 0.15) is 10.0 Å². The molecule has 0 aliphatic rings. The van der Waals surface area contributed by atoms with E-state index in [0.29, 0.717) is 32.6 Å². The maximum atomic E-state index is 13.4. The summed E-state index contributed by atoms with van der Waals surface area (Å²) in [6.45, 7) is 4.17. The zero-order chi connectivity index (χ0) is 17.9. The first-order valence-electron chi connectivity index (χ1n) is 7.23. The van der Waals surface area contributed by atoms with E-state index in [-0.39, 0.29) is 17.0 Å². The smallest absolute Gasteiger partial charge is 0.231 e. The molecule has 2 heterocycles. The Labute approximate surface area is 153 Å². The molecule has 0 N–H and O–H groups in total. The van der Waals surface area contributed by atoms with E-state index in [1.54, 1.807) is 16.7 Å². The van der Waals surface area contributed by atoms with Crippen molar-refractivity contribution in [1.82, 2.24) is 4.98 Å². The monoisotopic (exact) mass is 389 g/mol. The number of aromatic nitrogens is 2. The van der Waals surface area contributed by atoms with E-state index in [2.05, 4.69) is 4.98 Å². The maximum Gasteiger partial charge on any atom is 0.231 e. The van der Waals surface area contributed by atoms with Crippen molar-refractivity contribution in [2.75, 3.05) is 23.5 Å². The van der Waals surface area contributed by atoms with Gasteiger partial charge in [-0.15, -0.1) is 0 Å². The number of pyridine rings is 1. The minimum absolute atomic E-state index is 0.0397. The number of carbonyl (C=O) groups excluding carboxylic acids is 1. The van der Waals surface area contributed by atoms with Crippen LogP contribution in [-0.2, 0) is 4.79 Å². The van der Waals surface area contributed by atoms with Crippen LogP contribution in [0.2, 0.25) is 5.15 Å². The minimum Gasteiger partial charge on any atom is -0.619 e. The Hall–Kier alpha value is -1.38. The van der Waals surface area contributed by atoms with Crippen molar-refractivity contribution in [2.24, 2.45) is 5.92 Å². The van der Waals surface area contributed by atoms with Crippen molar-refractivity contribution in [1.29, 1.82) is 0 Å². The van der Waals surface area contributed by atoms with Crippen LogP contribution < -0.4 is 9.63 Å². The quantitative estimate of drug-likeness (QED) is 0.559. The molecule has 2 aromatic rings. The van der Waals surface area contributed by atoms with Gasteiger partial charge in [0.2, 0.25) is 12.1 Å². The van der Waals surface area contributed by atoms with Crippen LogP contribution in [0.3, 0.4) is 0 Å². The average Bonchev–Trinajstić information content (AvgIpc) is 2.89. The maximum absolute atomic E-state index is 13.4. The van der Waals surface area contributed by atoms with Gasteiger partial charge in [0, 0.05) is 18.2 Å². The molecular formula is C15H17ClFN3O2S2. The summed E-state index contributed by atoms with van der Waals surface area (Å²) in [5, 5.41) is 12.5. The summed E-state index contributed by atoms with van der Waals surface area (Å²) in [4.78, 5) is 18.4. The molecule has 0 aliphatic heterocycles. The van der Waals surface area contributed by atoms with Crippen molar-refractivity contribution < 1.29 is 13.9 Å². The van der Waals surface area contributed by atoms with E-state index in [1.807, 2.05) is 20.1 Å². The Morgan fingerprint density at radius 3 is 2.88 bits per heavy atom. The fraction of sp³-hybridized carbons (Fsp3) is 0.400. The average molecular weight is 390 g/mol. The number of carbonyl (C=O) groups is 1. The van der Waals surface area contributed by atoms with Gasteiger partial charge in [-0.25, -0.2) is 9.37 Å². The van der Waals surface area contributed by atoms with Crippen LogP contribution in [0, 0.1) is 16.9 Å². The lowest BCUT2D eigenvalue weighted by atomic mass is 10.2. The Morgan fingerprint density at radius 2 is 2.29 bits per heavy atom. The summed E-state index contributed by atoms with van der Waals surface area (Å²) < 4.78 is 13.8. The number of thiazole rings is 1. The van der Waals surface area contributed by atoms with E-state index in [0.717, 1.165) is 17.5 Å². The first kappa shape index (κ1) is 19.0. The lowest BCUT2D eigenvalue weighted by Gasteiger charge is -2.22. The Morgan fingerprint density at radius 1 is 1.58 bits per heavy atom. The number of amides is 1. The molecule has 2 aromatic heterocycles. The van der Waals surface area contributed by atoms with Gasteiger partial charge in [-0.2, -0.15) is 16.5 Å². The van der Waals surface area contributed by atoms with Crippen LogP contribution in [0.15, 0.2) is 18.5 Å². The van der Waals surface area contributed by atoms with Crippen molar-refractivity contribution in [2.45, 2.75) is 13.8 Å². The van der Waals surface area contributed by atoms with Gasteiger partial charge in [-0.3, -0.25) is 4.79 Å². The number of anilines is 1. The molecule has 0 aliphatic carbocycles. The highest BCUT2D eigenvalue weighted by molar-refractivity contribution is 7.98. The minimum atomic E-state index is -0.660. The lowest BCUT2D eigenvalue weighted by Crippen LogP contribution is -2.35. The van der Waals surface area contributed by atoms with Crippen molar-refractivity contribution in [3.8, 4) is 10.6 Å². The number of halogens is 2. The van der Waals surface area contributed by atoms with E-state index in [1.165, 1.54) is 12.3 Å². The number of nitrogens with zero attached hydrogens (tertiary/aromatic N) is 3. The highest BCUT2D eigenvalue weighted by Gasteiger charge is 2.25. The van der Waals surface area contributed by atoms with Gasteiger partial charge in [0.25, 0.3) is 0 Å². The van der Waals surface area contributed by atoms with Crippen molar-refractivity contribution in [3.05, 3.63) is 34.6 Å². The molecule has 5 nitrogen and oxygen atoms in total. The summed E-state index contributed by atoms with van der Waals surface area (Å²) in [5.41, 5.74) is 0.323. The Balaban J connectivity index is 2.37. The topological polar surface area (TPSA) is 60.1 Å². The van der Waals surface area contributed by atoms with Crippen LogP contribution in [-0.4, -0.2) is 29.4 Å².